The van der Waals surface area contributed by atoms with Crippen LogP contribution in [-0.2, 0) is 11.3 Å². The summed E-state index contributed by atoms with van der Waals surface area (Å²) in [5.74, 6) is -1.28. The second kappa shape index (κ2) is 7.30. The summed E-state index contributed by atoms with van der Waals surface area (Å²) in [6.45, 7) is 0.362. The molecule has 1 aromatic carbocycles. The summed E-state index contributed by atoms with van der Waals surface area (Å²) in [4.78, 5) is 20.5. The third kappa shape index (κ3) is 3.40. The van der Waals surface area contributed by atoms with Crippen molar-refractivity contribution < 1.29 is 18.3 Å². The maximum absolute atomic E-state index is 13.9. The number of methoxy groups -OCH3 is 1. The fraction of sp³-hybridized carbons (Fsp3) is 0.200. The summed E-state index contributed by atoms with van der Waals surface area (Å²) in [6, 6.07) is 9.53. The van der Waals surface area contributed by atoms with E-state index in [9.17, 15) is 13.6 Å². The number of allylic oxidation sites excluding steroid dienone is 4. The number of alkyl halides is 1. The number of nitrogens with zero attached hydrogens (tertiary/aromatic N) is 4. The monoisotopic (exact) mass is 382 g/mol. The van der Waals surface area contributed by atoms with Gasteiger partial charge in [0.15, 0.2) is 11.3 Å². The van der Waals surface area contributed by atoms with E-state index < -0.39 is 18.0 Å². The van der Waals surface area contributed by atoms with Gasteiger partial charge in [0.2, 0.25) is 0 Å². The van der Waals surface area contributed by atoms with Gasteiger partial charge in [-0.25, -0.2) is 28.2 Å². The Morgan fingerprint density at radius 3 is 2.82 bits per heavy atom. The van der Waals surface area contributed by atoms with Crippen LogP contribution >= 0.6 is 0 Å². The zero-order valence-electron chi connectivity index (χ0n) is 15.0. The van der Waals surface area contributed by atoms with E-state index in [0.29, 0.717) is 29.0 Å². The molecule has 2 aromatic heterocycles. The van der Waals surface area contributed by atoms with Crippen molar-refractivity contribution in [2.24, 2.45) is 0 Å². The normalized spacial score (nSPS) is 16.6. The number of hydrogen-bond acceptors (Lipinski definition) is 5. The maximum Gasteiger partial charge on any atom is 0.358 e. The molecule has 0 radical (unpaired) electrons. The molecule has 6 nitrogen and oxygen atoms in total. The van der Waals surface area contributed by atoms with Crippen LogP contribution in [-0.4, -0.2) is 39.0 Å². The highest BCUT2D eigenvalue weighted by Crippen LogP contribution is 2.31. The van der Waals surface area contributed by atoms with Crippen LogP contribution < -0.4 is 0 Å². The summed E-state index contributed by atoms with van der Waals surface area (Å²) in [7, 11) is 1.25. The number of rotatable bonds is 4. The molecule has 2 heterocycles. The third-order valence-electron chi connectivity index (χ3n) is 4.38. The quantitative estimate of drug-likeness (QED) is 0.645. The Hall–Kier alpha value is -3.42. The lowest BCUT2D eigenvalue weighted by Crippen LogP contribution is -2.08. The van der Waals surface area contributed by atoms with E-state index in [-0.39, 0.29) is 12.1 Å². The van der Waals surface area contributed by atoms with Crippen molar-refractivity contribution in [3.8, 4) is 0 Å². The predicted octanol–water partition coefficient (Wildman–Crippen LogP) is 3.64. The highest BCUT2D eigenvalue weighted by Gasteiger charge is 2.23. The van der Waals surface area contributed by atoms with Crippen LogP contribution in [0, 0.1) is 0 Å². The minimum atomic E-state index is -1.43. The molecule has 0 saturated heterocycles. The van der Waals surface area contributed by atoms with E-state index >= 15 is 0 Å². The van der Waals surface area contributed by atoms with Crippen LogP contribution in [0.1, 0.15) is 28.2 Å². The minimum absolute atomic E-state index is 0.00863. The van der Waals surface area contributed by atoms with Gasteiger partial charge >= 0.3 is 5.97 Å². The molecule has 8 heteroatoms. The second-order valence-electron chi connectivity index (χ2n) is 6.35. The molecule has 0 spiro atoms. The van der Waals surface area contributed by atoms with E-state index in [0.717, 1.165) is 11.6 Å². The first-order chi connectivity index (χ1) is 13.5. The van der Waals surface area contributed by atoms with Crippen LogP contribution in [0.2, 0.25) is 0 Å². The molecule has 3 aromatic rings. The van der Waals surface area contributed by atoms with Gasteiger partial charge < -0.3 is 4.74 Å². The molecular formula is C20H16F2N4O2. The van der Waals surface area contributed by atoms with E-state index in [1.807, 2.05) is 30.3 Å². The predicted molar refractivity (Wildman–Crippen MR) is 98.9 cm³/mol. The van der Waals surface area contributed by atoms with Gasteiger partial charge in [-0.1, -0.05) is 30.3 Å². The maximum atomic E-state index is 13.9. The number of fused-ring (bicyclic) bond motifs is 1. The summed E-state index contributed by atoms with van der Waals surface area (Å²) >= 11 is 0. The largest absolute Gasteiger partial charge is 0.464 e. The molecule has 0 amide bonds. The lowest BCUT2D eigenvalue weighted by atomic mass is 10.00. The van der Waals surface area contributed by atoms with E-state index in [1.54, 1.807) is 4.68 Å². The molecule has 1 atom stereocenters. The first-order valence-electron chi connectivity index (χ1n) is 8.63. The smallest absolute Gasteiger partial charge is 0.358 e. The van der Waals surface area contributed by atoms with Crippen molar-refractivity contribution in [1.29, 1.82) is 0 Å². The fourth-order valence-corrected chi connectivity index (χ4v) is 3.11. The molecule has 0 fully saturated rings. The van der Waals surface area contributed by atoms with Gasteiger partial charge in [0.05, 0.1) is 19.9 Å². The SMILES string of the molecule is COC(=O)c1cnc2c(C3=CC(F)=CC(F)C3)nn(Cc3ccccc3)c2n1. The Kier molecular flexibility index (Phi) is 4.68. The zero-order valence-corrected chi connectivity index (χ0v) is 15.0. The van der Waals surface area contributed by atoms with Gasteiger partial charge in [-0.3, -0.25) is 0 Å². The Morgan fingerprint density at radius 1 is 1.32 bits per heavy atom. The third-order valence-corrected chi connectivity index (χ3v) is 4.38. The van der Waals surface area contributed by atoms with Crippen molar-refractivity contribution in [1.82, 2.24) is 19.7 Å². The van der Waals surface area contributed by atoms with E-state index in [1.165, 1.54) is 19.4 Å². The minimum Gasteiger partial charge on any atom is -0.464 e. The molecule has 0 aliphatic heterocycles. The molecule has 1 aliphatic carbocycles. The van der Waals surface area contributed by atoms with Crippen LogP contribution in [0.4, 0.5) is 8.78 Å². The van der Waals surface area contributed by atoms with Gasteiger partial charge in [-0.2, -0.15) is 5.10 Å². The summed E-state index contributed by atoms with van der Waals surface area (Å²) < 4.78 is 33.9. The highest BCUT2D eigenvalue weighted by atomic mass is 19.1. The standard InChI is InChI=1S/C20H16F2N4O2/c1-28-20(27)16-10-23-18-17(13-7-14(21)9-15(22)8-13)25-26(19(18)24-16)11-12-5-3-2-4-6-12/h2-7,9-10,15H,8,11H2,1H3. The van der Waals surface area contributed by atoms with Crippen LogP contribution in [0.5, 0.6) is 0 Å². The lowest BCUT2D eigenvalue weighted by Gasteiger charge is -2.11. The van der Waals surface area contributed by atoms with Gasteiger partial charge in [0.25, 0.3) is 0 Å². The number of hydrogen-bond donors (Lipinski definition) is 0. The molecular weight excluding hydrogens is 366 g/mol. The van der Waals surface area contributed by atoms with Crippen molar-refractivity contribution >= 4 is 22.7 Å². The Morgan fingerprint density at radius 2 is 2.11 bits per heavy atom. The van der Waals surface area contributed by atoms with Crippen molar-refractivity contribution in [3.05, 3.63) is 71.5 Å². The number of ether oxygens (including phenoxy) is 1. The van der Waals surface area contributed by atoms with Crippen molar-refractivity contribution in [2.75, 3.05) is 7.11 Å². The van der Waals surface area contributed by atoms with Crippen LogP contribution in [0.15, 0.2) is 54.5 Å². The number of halogens is 2. The van der Waals surface area contributed by atoms with Crippen LogP contribution in [0.3, 0.4) is 0 Å². The fourth-order valence-electron chi connectivity index (χ4n) is 3.11. The first kappa shape index (κ1) is 18.0. The Bertz CT molecular complexity index is 1110. The average molecular weight is 382 g/mol. The van der Waals surface area contributed by atoms with E-state index in [2.05, 4.69) is 15.1 Å². The number of carbonyl (C=O) groups excluding carboxylic acids is 1. The molecule has 0 saturated carbocycles. The Balaban J connectivity index is 1.86. The number of esters is 1. The lowest BCUT2D eigenvalue weighted by molar-refractivity contribution is 0.0594. The highest BCUT2D eigenvalue weighted by molar-refractivity contribution is 5.91. The van der Waals surface area contributed by atoms with Gasteiger partial charge in [0, 0.05) is 6.42 Å². The van der Waals surface area contributed by atoms with E-state index in [4.69, 9.17) is 4.74 Å². The summed E-state index contributed by atoms with van der Waals surface area (Å²) in [6.07, 6.45) is 2.01. The number of benzene rings is 1. The molecule has 0 bridgehead atoms. The zero-order chi connectivity index (χ0) is 19.7. The first-order valence-corrected chi connectivity index (χ1v) is 8.63. The second-order valence-corrected chi connectivity index (χ2v) is 6.35. The average Bonchev–Trinajstić information content (AvgIpc) is 3.05. The molecule has 0 N–H and O–H groups in total. The van der Waals surface area contributed by atoms with Crippen LogP contribution in [0.25, 0.3) is 16.7 Å². The molecule has 1 aliphatic rings. The molecule has 142 valence electrons. The summed E-state index contributed by atoms with van der Waals surface area (Å²) in [5, 5.41) is 4.51. The van der Waals surface area contributed by atoms with Gasteiger partial charge in [0.1, 0.15) is 23.2 Å². The van der Waals surface area contributed by atoms with Gasteiger partial charge in [-0.05, 0) is 23.3 Å². The van der Waals surface area contributed by atoms with Crippen molar-refractivity contribution in [3.63, 3.8) is 0 Å². The molecule has 4 rings (SSSR count). The topological polar surface area (TPSA) is 69.9 Å². The van der Waals surface area contributed by atoms with Gasteiger partial charge in [-0.15, -0.1) is 0 Å². The Labute approximate surface area is 159 Å². The van der Waals surface area contributed by atoms with Crippen molar-refractivity contribution in [2.45, 2.75) is 19.1 Å². The number of aromatic nitrogens is 4. The summed E-state index contributed by atoms with van der Waals surface area (Å²) in [5.41, 5.74) is 2.44. The number of carbonyl (C=O) groups is 1. The molecule has 1 unspecified atom stereocenters. The molecule has 28 heavy (non-hydrogen) atoms.